The van der Waals surface area contributed by atoms with Crippen molar-refractivity contribution in [1.29, 1.82) is 0 Å². The minimum Gasteiger partial charge on any atom is -0.465 e. The number of aliphatic imine (C=N–C) groups is 1. The van der Waals surface area contributed by atoms with Gasteiger partial charge in [0.2, 0.25) is 0 Å². The number of amides is 1. The van der Waals surface area contributed by atoms with E-state index in [9.17, 15) is 22.4 Å². The van der Waals surface area contributed by atoms with E-state index in [4.69, 9.17) is 4.74 Å². The largest absolute Gasteiger partial charge is 0.465 e. The fourth-order valence-corrected chi connectivity index (χ4v) is 4.72. The lowest BCUT2D eigenvalue weighted by atomic mass is 9.91. The van der Waals surface area contributed by atoms with Gasteiger partial charge in [-0.05, 0) is 59.7 Å². The Balaban J connectivity index is 2.62. The highest BCUT2D eigenvalue weighted by molar-refractivity contribution is 7.93. The highest BCUT2D eigenvalue weighted by Gasteiger charge is 2.51. The van der Waals surface area contributed by atoms with E-state index in [0.717, 1.165) is 6.07 Å². The van der Waals surface area contributed by atoms with Gasteiger partial charge in [-0.15, -0.1) is 0 Å². The molecule has 10 heteroatoms. The second-order valence-corrected chi connectivity index (χ2v) is 11.4. The zero-order valence-electron chi connectivity index (χ0n) is 18.1. The predicted molar refractivity (Wildman–Crippen MR) is 110 cm³/mol. The number of benzene rings is 1. The van der Waals surface area contributed by atoms with Crippen molar-refractivity contribution in [3.8, 4) is 0 Å². The van der Waals surface area contributed by atoms with Crippen LogP contribution in [0.5, 0.6) is 0 Å². The van der Waals surface area contributed by atoms with Crippen molar-refractivity contribution in [1.82, 2.24) is 5.32 Å². The van der Waals surface area contributed by atoms with Gasteiger partial charge >= 0.3 is 12.1 Å². The summed E-state index contributed by atoms with van der Waals surface area (Å²) in [6, 6.07) is 3.50. The maximum atomic E-state index is 14.7. The van der Waals surface area contributed by atoms with E-state index in [1.807, 2.05) is 0 Å². The molecule has 1 atom stereocenters. The highest BCUT2D eigenvalue weighted by Crippen LogP contribution is 2.38. The first kappa shape index (κ1) is 23.8. The van der Waals surface area contributed by atoms with Crippen molar-refractivity contribution in [2.45, 2.75) is 57.4 Å². The number of esters is 1. The fraction of sp³-hybridized carbons (Fsp3) is 0.550. The summed E-state index contributed by atoms with van der Waals surface area (Å²) < 4.78 is 49.2. The van der Waals surface area contributed by atoms with Gasteiger partial charge in [-0.2, -0.15) is 0 Å². The van der Waals surface area contributed by atoms with Crippen LogP contribution in [-0.4, -0.2) is 49.5 Å². The van der Waals surface area contributed by atoms with E-state index >= 15 is 0 Å². The molecular formula is C20H27FN2O6S. The van der Waals surface area contributed by atoms with Gasteiger partial charge in [-0.1, -0.05) is 0 Å². The second kappa shape index (κ2) is 7.64. The number of carbonyl (C=O) groups is 2. The van der Waals surface area contributed by atoms with Crippen LogP contribution in [0, 0.1) is 5.82 Å². The van der Waals surface area contributed by atoms with Crippen molar-refractivity contribution in [3.63, 3.8) is 0 Å². The van der Waals surface area contributed by atoms with Crippen LogP contribution in [0.15, 0.2) is 23.2 Å². The molecule has 1 aromatic carbocycles. The van der Waals surface area contributed by atoms with Crippen LogP contribution < -0.4 is 5.32 Å². The molecule has 8 nitrogen and oxygen atoms in total. The van der Waals surface area contributed by atoms with Crippen molar-refractivity contribution in [2.24, 2.45) is 4.99 Å². The molecule has 30 heavy (non-hydrogen) atoms. The molecule has 1 aliphatic rings. The maximum Gasteiger partial charge on any atom is 0.413 e. The lowest BCUT2D eigenvalue weighted by Gasteiger charge is -2.39. The Morgan fingerprint density at radius 3 is 2.33 bits per heavy atom. The number of carbonyl (C=O) groups excluding carboxylic acids is 2. The summed E-state index contributed by atoms with van der Waals surface area (Å²) in [5.41, 5.74) is -2.46. The van der Waals surface area contributed by atoms with Crippen LogP contribution >= 0.6 is 0 Å². The number of sulfone groups is 1. The number of alkyl carbamates (subject to hydrolysis) is 1. The Labute approximate surface area is 175 Å². The van der Waals surface area contributed by atoms with Gasteiger partial charge in [0, 0.05) is 5.56 Å². The standard InChI is InChI=1S/C20H27FN2O6S/c1-18(2,3)29-17(25)22-16-19(4,5)30(26,27)11-20(6,23-16)13-10-12(15(24)28-7)8-9-14(13)21/h8-10H,11H2,1-7H3,(H,22,23,25)/t20-/m0/s1. The number of amidine groups is 1. The van der Waals surface area contributed by atoms with E-state index in [-0.39, 0.29) is 17.0 Å². The number of hydrogen-bond donors (Lipinski definition) is 1. The molecule has 0 fully saturated rings. The Bertz CT molecular complexity index is 1010. The number of ether oxygens (including phenoxy) is 2. The molecule has 1 N–H and O–H groups in total. The molecule has 2 rings (SSSR count). The van der Waals surface area contributed by atoms with Crippen molar-refractivity contribution < 1.29 is 31.9 Å². The molecule has 1 heterocycles. The van der Waals surface area contributed by atoms with Gasteiger partial charge in [0.1, 0.15) is 27.5 Å². The summed E-state index contributed by atoms with van der Waals surface area (Å²) >= 11 is 0. The normalized spacial score (nSPS) is 22.6. The van der Waals surface area contributed by atoms with E-state index in [2.05, 4.69) is 15.0 Å². The van der Waals surface area contributed by atoms with Crippen LogP contribution in [0.1, 0.15) is 57.5 Å². The van der Waals surface area contributed by atoms with Gasteiger partial charge in [0.15, 0.2) is 9.84 Å². The van der Waals surface area contributed by atoms with Crippen molar-refractivity contribution in [2.75, 3.05) is 12.9 Å². The van der Waals surface area contributed by atoms with E-state index in [0.29, 0.717) is 0 Å². The lowest BCUT2D eigenvalue weighted by molar-refractivity contribution is 0.0558. The monoisotopic (exact) mass is 442 g/mol. The fourth-order valence-electron chi connectivity index (χ4n) is 3.01. The Morgan fingerprint density at radius 1 is 1.20 bits per heavy atom. The molecule has 0 radical (unpaired) electrons. The molecule has 0 aliphatic carbocycles. The summed E-state index contributed by atoms with van der Waals surface area (Å²) in [4.78, 5) is 28.6. The first-order valence-electron chi connectivity index (χ1n) is 9.23. The van der Waals surface area contributed by atoms with Crippen molar-refractivity contribution >= 4 is 27.7 Å². The van der Waals surface area contributed by atoms with Gasteiger partial charge in [0.25, 0.3) is 0 Å². The first-order chi connectivity index (χ1) is 13.5. The van der Waals surface area contributed by atoms with Gasteiger partial charge in [-0.25, -0.2) is 22.4 Å². The molecule has 0 unspecified atom stereocenters. The number of halogens is 1. The molecule has 1 amide bonds. The molecule has 0 saturated carbocycles. The third-order valence-corrected chi connectivity index (χ3v) is 7.46. The summed E-state index contributed by atoms with van der Waals surface area (Å²) in [5, 5.41) is 2.41. The van der Waals surface area contributed by atoms with Crippen LogP contribution in [0.4, 0.5) is 9.18 Å². The molecule has 1 aliphatic heterocycles. The van der Waals surface area contributed by atoms with Crippen LogP contribution in [-0.2, 0) is 24.8 Å². The average molecular weight is 443 g/mol. The summed E-state index contributed by atoms with van der Waals surface area (Å²) in [5.74, 6) is -2.13. The SMILES string of the molecule is COC(=O)c1ccc(F)c([C@]2(C)CS(=O)(=O)C(C)(C)C(NC(=O)OC(C)(C)C)=N2)c1. The smallest absolute Gasteiger partial charge is 0.413 e. The molecule has 0 bridgehead atoms. The average Bonchev–Trinajstić information content (AvgIpc) is 2.57. The number of nitrogens with one attached hydrogen (secondary N) is 1. The topological polar surface area (TPSA) is 111 Å². The van der Waals surface area contributed by atoms with Gasteiger partial charge < -0.3 is 9.47 Å². The molecule has 1 aromatic rings. The molecule has 166 valence electrons. The van der Waals surface area contributed by atoms with E-state index in [1.54, 1.807) is 20.8 Å². The molecule has 0 aromatic heterocycles. The third kappa shape index (κ3) is 4.63. The Morgan fingerprint density at radius 2 is 1.80 bits per heavy atom. The first-order valence-corrected chi connectivity index (χ1v) is 10.9. The van der Waals surface area contributed by atoms with Crippen LogP contribution in [0.3, 0.4) is 0 Å². The molecule has 0 saturated heterocycles. The Hall–Kier alpha value is -2.49. The number of hydrogen-bond acceptors (Lipinski definition) is 7. The van der Waals surface area contributed by atoms with Crippen molar-refractivity contribution in [3.05, 3.63) is 35.1 Å². The zero-order chi connectivity index (χ0) is 23.1. The summed E-state index contributed by atoms with van der Waals surface area (Å²) in [6.07, 6.45) is -0.877. The number of rotatable bonds is 2. The molecular weight excluding hydrogens is 415 g/mol. The van der Waals surface area contributed by atoms with E-state index < -0.39 is 49.4 Å². The molecule has 0 spiro atoms. The lowest BCUT2D eigenvalue weighted by Crippen LogP contribution is -2.58. The van der Waals surface area contributed by atoms with Crippen LogP contribution in [0.25, 0.3) is 0 Å². The quantitative estimate of drug-likeness (QED) is 0.705. The highest BCUT2D eigenvalue weighted by atomic mass is 32.2. The maximum absolute atomic E-state index is 14.7. The zero-order valence-corrected chi connectivity index (χ0v) is 18.9. The minimum atomic E-state index is -3.89. The van der Waals surface area contributed by atoms with Crippen LogP contribution in [0.2, 0.25) is 0 Å². The minimum absolute atomic E-state index is 0.0502. The third-order valence-electron chi connectivity index (χ3n) is 4.76. The summed E-state index contributed by atoms with van der Waals surface area (Å²) in [7, 11) is -2.71. The second-order valence-electron chi connectivity index (χ2n) is 8.82. The summed E-state index contributed by atoms with van der Waals surface area (Å²) in [6.45, 7) is 9.22. The van der Waals surface area contributed by atoms with E-state index in [1.165, 1.54) is 40.0 Å². The Kier molecular flexibility index (Phi) is 6.06. The number of nitrogens with zero attached hydrogens (tertiary/aromatic N) is 1. The van der Waals surface area contributed by atoms with Gasteiger partial charge in [0.05, 0.1) is 18.4 Å². The van der Waals surface area contributed by atoms with Gasteiger partial charge in [-0.3, -0.25) is 10.3 Å². The number of methoxy groups -OCH3 is 1. The predicted octanol–water partition coefficient (Wildman–Crippen LogP) is 2.96.